The standard InChI is InChI=1S/C13H26N4O3S/c1-8(6-9(15)7-11(21)13(19)20)17-12(18)10(16)4-2-3-5-14/h8,10-11,15,21H,2-7,14,16H2,1H3,(H,17,18)(H,19,20)/t8?,10-,11-/m0/s1. The number of carbonyl (C=O) groups excluding carboxylic acids is 1. The number of unbranched alkanes of at least 4 members (excludes halogenated alkanes) is 1. The summed E-state index contributed by atoms with van der Waals surface area (Å²) in [6.45, 7) is 2.34. The maximum absolute atomic E-state index is 11.8. The molecule has 0 rings (SSSR count). The summed E-state index contributed by atoms with van der Waals surface area (Å²) in [5.41, 5.74) is 11.4. The summed E-state index contributed by atoms with van der Waals surface area (Å²) in [7, 11) is 0. The fraction of sp³-hybridized carbons (Fsp3) is 0.769. The number of rotatable bonds is 11. The van der Waals surface area contributed by atoms with Gasteiger partial charge in [0.25, 0.3) is 0 Å². The Balaban J connectivity index is 4.06. The summed E-state index contributed by atoms with van der Waals surface area (Å²) >= 11 is 3.88. The van der Waals surface area contributed by atoms with Crippen molar-refractivity contribution in [3.8, 4) is 0 Å². The predicted octanol–water partition coefficient (Wildman–Crippen LogP) is 0.130. The van der Waals surface area contributed by atoms with Gasteiger partial charge in [-0.3, -0.25) is 9.59 Å². The van der Waals surface area contributed by atoms with Crippen LogP contribution < -0.4 is 16.8 Å². The van der Waals surface area contributed by atoms with E-state index in [2.05, 4.69) is 17.9 Å². The summed E-state index contributed by atoms with van der Waals surface area (Å²) in [4.78, 5) is 22.5. The molecule has 8 heteroatoms. The van der Waals surface area contributed by atoms with Crippen molar-refractivity contribution in [1.29, 1.82) is 5.41 Å². The van der Waals surface area contributed by atoms with Gasteiger partial charge in [-0.1, -0.05) is 6.42 Å². The highest BCUT2D eigenvalue weighted by molar-refractivity contribution is 7.81. The average molecular weight is 318 g/mol. The van der Waals surface area contributed by atoms with Gasteiger partial charge in [-0.15, -0.1) is 0 Å². The quantitative estimate of drug-likeness (QED) is 0.182. The van der Waals surface area contributed by atoms with Gasteiger partial charge in [-0.25, -0.2) is 0 Å². The number of thiol groups is 1. The molecule has 7 N–H and O–H groups in total. The Morgan fingerprint density at radius 2 is 1.95 bits per heavy atom. The molecular weight excluding hydrogens is 292 g/mol. The van der Waals surface area contributed by atoms with E-state index in [9.17, 15) is 9.59 Å². The molecule has 0 heterocycles. The first-order valence-electron chi connectivity index (χ1n) is 7.01. The van der Waals surface area contributed by atoms with Crippen LogP contribution in [0.4, 0.5) is 0 Å². The van der Waals surface area contributed by atoms with Gasteiger partial charge in [0.05, 0.1) is 6.04 Å². The molecule has 0 aromatic carbocycles. The number of amides is 1. The lowest BCUT2D eigenvalue weighted by atomic mass is 10.1. The molecule has 1 unspecified atom stereocenters. The summed E-state index contributed by atoms with van der Waals surface area (Å²) < 4.78 is 0. The number of hydrogen-bond acceptors (Lipinski definition) is 6. The van der Waals surface area contributed by atoms with Gasteiger partial charge in [-0.05, 0) is 26.3 Å². The molecule has 0 aromatic heterocycles. The minimum absolute atomic E-state index is 0.0568. The highest BCUT2D eigenvalue weighted by Crippen LogP contribution is 2.07. The van der Waals surface area contributed by atoms with Crippen molar-refractivity contribution in [2.75, 3.05) is 6.54 Å². The van der Waals surface area contributed by atoms with Crippen LogP contribution in [-0.4, -0.2) is 46.6 Å². The van der Waals surface area contributed by atoms with Gasteiger partial charge in [-0.2, -0.15) is 12.6 Å². The third kappa shape index (κ3) is 9.43. The van der Waals surface area contributed by atoms with Crippen LogP contribution in [0.15, 0.2) is 0 Å². The van der Waals surface area contributed by atoms with Crippen LogP contribution in [0.5, 0.6) is 0 Å². The van der Waals surface area contributed by atoms with Gasteiger partial charge in [0.1, 0.15) is 5.25 Å². The second-order valence-electron chi connectivity index (χ2n) is 5.17. The zero-order valence-electron chi connectivity index (χ0n) is 12.3. The van der Waals surface area contributed by atoms with E-state index in [4.69, 9.17) is 22.0 Å². The molecule has 0 aliphatic heterocycles. The molecule has 7 nitrogen and oxygen atoms in total. The number of hydrogen-bond donors (Lipinski definition) is 6. The minimum Gasteiger partial charge on any atom is -0.480 e. The van der Waals surface area contributed by atoms with Crippen LogP contribution in [0, 0.1) is 5.41 Å². The Morgan fingerprint density at radius 3 is 2.48 bits per heavy atom. The summed E-state index contributed by atoms with van der Waals surface area (Å²) in [5, 5.41) is 18.3. The number of aliphatic carboxylic acids is 1. The van der Waals surface area contributed by atoms with Crippen molar-refractivity contribution in [3.05, 3.63) is 0 Å². The second-order valence-corrected chi connectivity index (χ2v) is 5.79. The van der Waals surface area contributed by atoms with Crippen molar-refractivity contribution in [2.45, 2.75) is 56.4 Å². The fourth-order valence-electron chi connectivity index (χ4n) is 1.81. The topological polar surface area (TPSA) is 142 Å². The Bertz CT molecular complexity index is 365. The smallest absolute Gasteiger partial charge is 0.316 e. The predicted molar refractivity (Wildman–Crippen MR) is 85.9 cm³/mol. The first kappa shape index (κ1) is 19.9. The molecule has 0 bridgehead atoms. The van der Waals surface area contributed by atoms with Crippen molar-refractivity contribution in [3.63, 3.8) is 0 Å². The van der Waals surface area contributed by atoms with Crippen LogP contribution in [0.25, 0.3) is 0 Å². The first-order valence-corrected chi connectivity index (χ1v) is 7.52. The molecule has 0 aliphatic rings. The van der Waals surface area contributed by atoms with E-state index in [1.54, 1.807) is 6.92 Å². The molecule has 0 saturated heterocycles. The Hall–Kier alpha value is -1.12. The molecular formula is C13H26N4O3S. The maximum Gasteiger partial charge on any atom is 0.316 e. The van der Waals surface area contributed by atoms with Gasteiger partial charge in [0.15, 0.2) is 0 Å². The first-order chi connectivity index (χ1) is 9.77. The minimum atomic E-state index is -1.05. The Labute approximate surface area is 130 Å². The number of nitrogens with two attached hydrogens (primary N) is 2. The van der Waals surface area contributed by atoms with Crippen molar-refractivity contribution in [1.82, 2.24) is 5.32 Å². The second kappa shape index (κ2) is 10.6. The van der Waals surface area contributed by atoms with Crippen LogP contribution >= 0.6 is 12.6 Å². The SMILES string of the molecule is CC(CC(=N)C[C@H](S)C(=O)O)NC(=O)[C@@H](N)CCCCN. The van der Waals surface area contributed by atoms with Crippen molar-refractivity contribution in [2.24, 2.45) is 11.5 Å². The highest BCUT2D eigenvalue weighted by Gasteiger charge is 2.19. The lowest BCUT2D eigenvalue weighted by molar-refractivity contribution is -0.136. The molecule has 0 aromatic rings. The molecule has 0 saturated carbocycles. The summed E-state index contributed by atoms with van der Waals surface area (Å²) in [6, 6.07) is -0.843. The average Bonchev–Trinajstić information content (AvgIpc) is 2.37. The molecule has 3 atom stereocenters. The van der Waals surface area contributed by atoms with E-state index in [0.717, 1.165) is 12.8 Å². The van der Waals surface area contributed by atoms with E-state index < -0.39 is 17.3 Å². The highest BCUT2D eigenvalue weighted by atomic mass is 32.1. The van der Waals surface area contributed by atoms with E-state index in [1.807, 2.05) is 0 Å². The number of carbonyl (C=O) groups is 2. The lowest BCUT2D eigenvalue weighted by Gasteiger charge is -2.18. The number of nitrogens with one attached hydrogen (secondary N) is 2. The van der Waals surface area contributed by atoms with Gasteiger partial charge >= 0.3 is 5.97 Å². The lowest BCUT2D eigenvalue weighted by Crippen LogP contribution is -2.45. The zero-order valence-corrected chi connectivity index (χ0v) is 13.2. The van der Waals surface area contributed by atoms with E-state index >= 15 is 0 Å². The monoisotopic (exact) mass is 318 g/mol. The molecule has 0 radical (unpaired) electrons. The third-order valence-electron chi connectivity index (χ3n) is 2.97. The van der Waals surface area contributed by atoms with Crippen LogP contribution in [0.3, 0.4) is 0 Å². The molecule has 122 valence electrons. The molecule has 21 heavy (non-hydrogen) atoms. The van der Waals surface area contributed by atoms with Crippen molar-refractivity contribution < 1.29 is 14.7 Å². The molecule has 0 fully saturated rings. The third-order valence-corrected chi connectivity index (χ3v) is 3.38. The number of carboxylic acid groups (broad SMARTS) is 1. The molecule has 1 amide bonds. The molecule has 0 aliphatic carbocycles. The van der Waals surface area contributed by atoms with Gasteiger partial charge in [0, 0.05) is 24.6 Å². The normalized spacial score (nSPS) is 15.0. The number of carboxylic acids is 1. The van der Waals surface area contributed by atoms with Crippen LogP contribution in [-0.2, 0) is 9.59 Å². The fourth-order valence-corrected chi connectivity index (χ4v) is 2.03. The van der Waals surface area contributed by atoms with E-state index in [-0.39, 0.29) is 30.5 Å². The molecule has 0 spiro atoms. The van der Waals surface area contributed by atoms with Crippen molar-refractivity contribution >= 4 is 30.2 Å². The zero-order chi connectivity index (χ0) is 16.4. The maximum atomic E-state index is 11.8. The largest absolute Gasteiger partial charge is 0.480 e. The summed E-state index contributed by atoms with van der Waals surface area (Å²) in [6.07, 6.45) is 2.55. The van der Waals surface area contributed by atoms with Crippen LogP contribution in [0.1, 0.15) is 39.0 Å². The van der Waals surface area contributed by atoms with Crippen LogP contribution in [0.2, 0.25) is 0 Å². The van der Waals surface area contributed by atoms with E-state index in [1.165, 1.54) is 0 Å². The summed E-state index contributed by atoms with van der Waals surface area (Å²) in [5.74, 6) is -1.31. The Kier molecular flexibility index (Phi) is 10.0. The van der Waals surface area contributed by atoms with Gasteiger partial charge < -0.3 is 27.3 Å². The van der Waals surface area contributed by atoms with E-state index in [0.29, 0.717) is 13.0 Å². The Morgan fingerprint density at radius 1 is 1.33 bits per heavy atom. The van der Waals surface area contributed by atoms with Gasteiger partial charge in [0.2, 0.25) is 5.91 Å².